The molecular formula is C11H12N4O3. The third-order valence-corrected chi connectivity index (χ3v) is 2.61. The third kappa shape index (κ3) is 2.10. The van der Waals surface area contributed by atoms with Gasteiger partial charge in [0.15, 0.2) is 5.84 Å². The van der Waals surface area contributed by atoms with Crippen LogP contribution in [-0.2, 0) is 11.3 Å². The Morgan fingerprint density at radius 1 is 1.50 bits per heavy atom. The number of amidine groups is 1. The fourth-order valence-corrected chi connectivity index (χ4v) is 1.76. The predicted molar refractivity (Wildman–Crippen MR) is 64.5 cm³/mol. The summed E-state index contributed by atoms with van der Waals surface area (Å²) in [5, 5.41) is 25.1. The molecule has 1 aromatic carbocycles. The number of rotatable bonds is 4. The average Bonchev–Trinajstić information content (AvgIpc) is 2.78. The molecule has 1 heterocycles. The number of hydrogen-bond acceptors (Lipinski definition) is 4. The lowest BCUT2D eigenvalue weighted by Gasteiger charge is -2.03. The molecule has 7 heteroatoms. The minimum Gasteiger partial charge on any atom is -0.481 e. The molecule has 7 nitrogen and oxygen atoms in total. The summed E-state index contributed by atoms with van der Waals surface area (Å²) >= 11 is 0. The highest BCUT2D eigenvalue weighted by Gasteiger charge is 2.10. The second-order valence-electron chi connectivity index (χ2n) is 3.74. The van der Waals surface area contributed by atoms with Crippen molar-refractivity contribution in [2.75, 3.05) is 0 Å². The third-order valence-electron chi connectivity index (χ3n) is 2.61. The van der Waals surface area contributed by atoms with E-state index in [1.54, 1.807) is 29.1 Å². The number of carbonyl (C=O) groups is 1. The maximum Gasteiger partial charge on any atom is 0.305 e. The fourth-order valence-electron chi connectivity index (χ4n) is 1.76. The summed E-state index contributed by atoms with van der Waals surface area (Å²) in [5.74, 6) is -0.885. The van der Waals surface area contributed by atoms with Gasteiger partial charge in [0.25, 0.3) is 0 Å². The first-order valence-corrected chi connectivity index (χ1v) is 5.27. The molecule has 0 aliphatic carbocycles. The van der Waals surface area contributed by atoms with Crippen LogP contribution in [-0.4, -0.2) is 31.9 Å². The molecule has 0 fully saturated rings. The van der Waals surface area contributed by atoms with Crippen LogP contribution in [0.25, 0.3) is 10.9 Å². The maximum absolute atomic E-state index is 10.5. The Morgan fingerprint density at radius 2 is 2.28 bits per heavy atom. The molecule has 0 aliphatic heterocycles. The Balaban J connectivity index is 2.45. The van der Waals surface area contributed by atoms with Gasteiger partial charge < -0.3 is 16.0 Å². The quantitative estimate of drug-likeness (QED) is 0.317. The summed E-state index contributed by atoms with van der Waals surface area (Å²) in [6.07, 6.45) is 1.56. The number of carboxylic acid groups (broad SMARTS) is 1. The lowest BCUT2D eigenvalue weighted by Crippen LogP contribution is -2.13. The number of nitrogens with two attached hydrogens (primary N) is 1. The van der Waals surface area contributed by atoms with E-state index < -0.39 is 5.97 Å². The van der Waals surface area contributed by atoms with E-state index >= 15 is 0 Å². The van der Waals surface area contributed by atoms with E-state index in [1.807, 2.05) is 0 Å². The summed E-state index contributed by atoms with van der Waals surface area (Å²) in [4.78, 5) is 10.5. The first-order chi connectivity index (χ1) is 8.63. The van der Waals surface area contributed by atoms with Crippen molar-refractivity contribution in [2.45, 2.75) is 13.0 Å². The minimum absolute atomic E-state index is 0.00150. The summed E-state index contributed by atoms with van der Waals surface area (Å²) in [6.45, 7) is 0.276. The van der Waals surface area contributed by atoms with E-state index in [1.165, 1.54) is 0 Å². The van der Waals surface area contributed by atoms with E-state index in [2.05, 4.69) is 10.3 Å². The highest BCUT2D eigenvalue weighted by molar-refractivity contribution is 6.07. The number of benzene rings is 1. The molecule has 0 atom stereocenters. The Hall–Kier alpha value is -2.57. The van der Waals surface area contributed by atoms with E-state index in [9.17, 15) is 4.79 Å². The lowest BCUT2D eigenvalue weighted by molar-refractivity contribution is -0.137. The van der Waals surface area contributed by atoms with Crippen molar-refractivity contribution in [2.24, 2.45) is 10.9 Å². The zero-order valence-corrected chi connectivity index (χ0v) is 9.45. The maximum atomic E-state index is 10.5. The zero-order valence-electron chi connectivity index (χ0n) is 9.45. The van der Waals surface area contributed by atoms with Gasteiger partial charge in [-0.15, -0.1) is 0 Å². The number of aryl methyl sites for hydroxylation is 1. The smallest absolute Gasteiger partial charge is 0.305 e. The monoisotopic (exact) mass is 248 g/mol. The Kier molecular flexibility index (Phi) is 3.13. The normalized spacial score (nSPS) is 11.9. The molecule has 18 heavy (non-hydrogen) atoms. The van der Waals surface area contributed by atoms with Crippen molar-refractivity contribution in [3.05, 3.63) is 30.0 Å². The van der Waals surface area contributed by atoms with Gasteiger partial charge in [0.2, 0.25) is 0 Å². The molecule has 94 valence electrons. The van der Waals surface area contributed by atoms with E-state index in [-0.39, 0.29) is 18.8 Å². The second-order valence-corrected chi connectivity index (χ2v) is 3.74. The Labute approximate surface area is 102 Å². The lowest BCUT2D eigenvalue weighted by atomic mass is 10.1. The number of carboxylic acids is 1. The number of aromatic nitrogens is 2. The molecule has 0 aliphatic rings. The van der Waals surface area contributed by atoms with Crippen molar-refractivity contribution in [1.82, 2.24) is 9.78 Å². The molecule has 0 unspecified atom stereocenters. The molecule has 4 N–H and O–H groups in total. The van der Waals surface area contributed by atoms with Crippen LogP contribution in [0.3, 0.4) is 0 Å². The van der Waals surface area contributed by atoms with Gasteiger partial charge in [-0.3, -0.25) is 9.48 Å². The highest BCUT2D eigenvalue weighted by Crippen LogP contribution is 2.18. The van der Waals surface area contributed by atoms with Crippen molar-refractivity contribution >= 4 is 22.7 Å². The molecule has 1 aromatic heterocycles. The summed E-state index contributed by atoms with van der Waals surface area (Å²) < 4.78 is 1.58. The Bertz CT molecular complexity index is 618. The SMILES string of the molecule is NC(=NO)c1cccc2c1cnn2CCC(=O)O. The van der Waals surface area contributed by atoms with Gasteiger partial charge in [-0.05, 0) is 6.07 Å². The van der Waals surface area contributed by atoms with Crippen LogP contribution in [0, 0.1) is 0 Å². The first-order valence-electron chi connectivity index (χ1n) is 5.27. The minimum atomic E-state index is -0.883. The van der Waals surface area contributed by atoms with Crippen LogP contribution in [0.1, 0.15) is 12.0 Å². The van der Waals surface area contributed by atoms with E-state index in [4.69, 9.17) is 16.0 Å². The van der Waals surface area contributed by atoms with Crippen LogP contribution >= 0.6 is 0 Å². The summed E-state index contributed by atoms with van der Waals surface area (Å²) in [7, 11) is 0. The number of oxime groups is 1. The van der Waals surface area contributed by atoms with Crippen LogP contribution in [0.4, 0.5) is 0 Å². The highest BCUT2D eigenvalue weighted by atomic mass is 16.4. The predicted octanol–water partition coefficient (Wildman–Crippen LogP) is 0.605. The summed E-state index contributed by atoms with van der Waals surface area (Å²) in [5.41, 5.74) is 6.88. The van der Waals surface area contributed by atoms with Gasteiger partial charge in [0.05, 0.1) is 24.7 Å². The number of aliphatic carboxylic acids is 1. The largest absolute Gasteiger partial charge is 0.481 e. The Morgan fingerprint density at radius 3 is 2.94 bits per heavy atom. The van der Waals surface area contributed by atoms with Crippen LogP contribution in [0.2, 0.25) is 0 Å². The molecule has 0 spiro atoms. The van der Waals surface area contributed by atoms with Gasteiger partial charge >= 0.3 is 5.97 Å². The standard InChI is InChI=1S/C11H12N4O3/c12-11(14-18)7-2-1-3-9-8(7)6-13-15(9)5-4-10(16)17/h1-3,6,18H,4-5H2,(H2,12,14)(H,16,17). The molecule has 0 bridgehead atoms. The zero-order chi connectivity index (χ0) is 13.1. The molecule has 0 radical (unpaired) electrons. The van der Waals surface area contributed by atoms with Crippen molar-refractivity contribution in [3.63, 3.8) is 0 Å². The topological polar surface area (TPSA) is 114 Å². The average molecular weight is 248 g/mol. The van der Waals surface area contributed by atoms with Crippen molar-refractivity contribution in [1.29, 1.82) is 0 Å². The molecule has 0 saturated carbocycles. The molecule has 0 amide bonds. The molecule has 0 saturated heterocycles. The number of nitrogens with zero attached hydrogens (tertiary/aromatic N) is 3. The van der Waals surface area contributed by atoms with Crippen LogP contribution in [0.15, 0.2) is 29.6 Å². The number of hydrogen-bond donors (Lipinski definition) is 3. The van der Waals surface area contributed by atoms with E-state index in [0.717, 1.165) is 10.9 Å². The van der Waals surface area contributed by atoms with Gasteiger partial charge in [0, 0.05) is 10.9 Å². The molecule has 2 rings (SSSR count). The molecule has 2 aromatic rings. The van der Waals surface area contributed by atoms with Crippen molar-refractivity contribution in [3.8, 4) is 0 Å². The van der Waals surface area contributed by atoms with Gasteiger partial charge in [0.1, 0.15) is 0 Å². The van der Waals surface area contributed by atoms with Crippen molar-refractivity contribution < 1.29 is 15.1 Å². The van der Waals surface area contributed by atoms with Gasteiger partial charge in [-0.2, -0.15) is 5.10 Å². The fraction of sp³-hybridized carbons (Fsp3) is 0.182. The first kappa shape index (κ1) is 11.9. The second kappa shape index (κ2) is 4.74. The van der Waals surface area contributed by atoms with Gasteiger partial charge in [-0.1, -0.05) is 17.3 Å². The van der Waals surface area contributed by atoms with Crippen LogP contribution < -0.4 is 5.73 Å². The summed E-state index contributed by atoms with van der Waals surface area (Å²) in [6, 6.07) is 5.26. The molecular weight excluding hydrogens is 236 g/mol. The van der Waals surface area contributed by atoms with Gasteiger partial charge in [-0.25, -0.2) is 0 Å². The number of fused-ring (bicyclic) bond motifs is 1. The van der Waals surface area contributed by atoms with E-state index in [0.29, 0.717) is 5.56 Å². The van der Waals surface area contributed by atoms with Crippen LogP contribution in [0.5, 0.6) is 0 Å².